The topological polar surface area (TPSA) is 66.5 Å². The molecule has 2 aromatic rings. The molecule has 6 heteroatoms. The van der Waals surface area contributed by atoms with Gasteiger partial charge in [-0.1, -0.05) is 36.4 Å². The molecule has 0 radical (unpaired) electrons. The molecule has 1 aliphatic rings. The van der Waals surface area contributed by atoms with Gasteiger partial charge in [0.2, 0.25) is 15.9 Å². The number of carbonyl (C=O) groups excluding carboxylic acids is 1. The molecular formula is C23H30N2O3S. The fourth-order valence-corrected chi connectivity index (χ4v) is 5.06. The number of rotatable bonds is 6. The van der Waals surface area contributed by atoms with Crippen LogP contribution >= 0.6 is 0 Å². The Hall–Kier alpha value is -2.34. The van der Waals surface area contributed by atoms with Crippen LogP contribution in [0.1, 0.15) is 53.6 Å². The van der Waals surface area contributed by atoms with Crippen molar-refractivity contribution in [3.05, 3.63) is 64.2 Å². The zero-order valence-corrected chi connectivity index (χ0v) is 18.5. The molecule has 0 saturated heterocycles. The van der Waals surface area contributed by atoms with E-state index in [9.17, 15) is 13.2 Å². The van der Waals surface area contributed by atoms with Crippen molar-refractivity contribution >= 4 is 21.6 Å². The van der Waals surface area contributed by atoms with E-state index in [-0.39, 0.29) is 18.5 Å². The maximum Gasteiger partial charge on any atom is 0.241 e. The minimum absolute atomic E-state index is 0.186. The number of carbonyl (C=O) groups is 1. The van der Waals surface area contributed by atoms with Crippen LogP contribution in [0.5, 0.6) is 0 Å². The largest absolute Gasteiger partial charge is 0.348 e. The second kappa shape index (κ2) is 8.57. The van der Waals surface area contributed by atoms with E-state index in [0.717, 1.165) is 35.8 Å². The smallest absolute Gasteiger partial charge is 0.241 e. The summed E-state index contributed by atoms with van der Waals surface area (Å²) in [6.07, 6.45) is 5.78. The van der Waals surface area contributed by atoms with Gasteiger partial charge in [-0.3, -0.25) is 9.10 Å². The number of hydrogen-bond acceptors (Lipinski definition) is 3. The number of sulfonamides is 1. The third-order valence-corrected chi connectivity index (χ3v) is 6.74. The molecular weight excluding hydrogens is 384 g/mol. The molecule has 1 atom stereocenters. The summed E-state index contributed by atoms with van der Waals surface area (Å²) in [6.45, 7) is 5.41. The molecule has 3 rings (SSSR count). The Morgan fingerprint density at radius 1 is 1.07 bits per heavy atom. The number of nitrogens with zero attached hydrogens (tertiary/aromatic N) is 1. The molecule has 156 valence electrons. The van der Waals surface area contributed by atoms with Gasteiger partial charge in [0, 0.05) is 0 Å². The Morgan fingerprint density at radius 2 is 1.69 bits per heavy atom. The van der Waals surface area contributed by atoms with Crippen molar-refractivity contribution in [1.29, 1.82) is 0 Å². The quantitative estimate of drug-likeness (QED) is 0.781. The van der Waals surface area contributed by atoms with E-state index in [0.29, 0.717) is 5.69 Å². The van der Waals surface area contributed by atoms with Crippen LogP contribution in [0.3, 0.4) is 0 Å². The summed E-state index contributed by atoms with van der Waals surface area (Å²) in [5.41, 5.74) is 6.04. The number of fused-ring (bicyclic) bond motifs is 1. The van der Waals surface area contributed by atoms with E-state index in [1.807, 2.05) is 39.0 Å². The van der Waals surface area contributed by atoms with Gasteiger partial charge in [0.15, 0.2) is 0 Å². The summed E-state index contributed by atoms with van der Waals surface area (Å²) in [6, 6.07) is 11.8. The average Bonchev–Trinajstić information content (AvgIpc) is 2.65. The Balaban J connectivity index is 1.77. The van der Waals surface area contributed by atoms with E-state index in [4.69, 9.17) is 0 Å². The van der Waals surface area contributed by atoms with Crippen molar-refractivity contribution < 1.29 is 13.2 Å². The number of amides is 1. The molecule has 5 nitrogen and oxygen atoms in total. The Morgan fingerprint density at radius 3 is 2.31 bits per heavy atom. The van der Waals surface area contributed by atoms with Crippen molar-refractivity contribution in [2.45, 2.75) is 52.5 Å². The third kappa shape index (κ3) is 4.99. The molecule has 29 heavy (non-hydrogen) atoms. The highest BCUT2D eigenvalue weighted by Crippen LogP contribution is 2.27. The third-order valence-electron chi connectivity index (χ3n) is 5.63. The fraction of sp³-hybridized carbons (Fsp3) is 0.435. The molecule has 0 fully saturated rings. The van der Waals surface area contributed by atoms with Crippen LogP contribution in [-0.4, -0.2) is 27.1 Å². The minimum atomic E-state index is -3.60. The minimum Gasteiger partial charge on any atom is -0.348 e. The van der Waals surface area contributed by atoms with Crippen molar-refractivity contribution in [3.8, 4) is 0 Å². The van der Waals surface area contributed by atoms with Crippen LogP contribution in [0.15, 0.2) is 36.4 Å². The number of nitrogens with one attached hydrogen (secondary N) is 1. The van der Waals surface area contributed by atoms with Gasteiger partial charge in [0.25, 0.3) is 0 Å². The van der Waals surface area contributed by atoms with Gasteiger partial charge in [-0.25, -0.2) is 8.42 Å². The summed E-state index contributed by atoms with van der Waals surface area (Å²) < 4.78 is 26.1. The van der Waals surface area contributed by atoms with Gasteiger partial charge >= 0.3 is 0 Å². The first-order valence-electron chi connectivity index (χ1n) is 10.1. The highest BCUT2D eigenvalue weighted by atomic mass is 32.2. The lowest BCUT2D eigenvalue weighted by Gasteiger charge is -2.26. The standard InChI is InChI=1S/C23H30N2O3S/c1-16-8-7-9-17(2)23(16)25(29(4,27)28)15-22(26)24-18(3)20-13-12-19-10-5-6-11-21(19)14-20/h7-9,12-14,18H,5-6,10-11,15H2,1-4H3,(H,24,26). The number of anilines is 1. The molecule has 0 spiro atoms. The van der Waals surface area contributed by atoms with Gasteiger partial charge in [0.05, 0.1) is 18.0 Å². The first kappa shape index (κ1) is 21.4. The van der Waals surface area contributed by atoms with Crippen LogP contribution < -0.4 is 9.62 Å². The Labute approximate surface area is 174 Å². The van der Waals surface area contributed by atoms with Gasteiger partial charge in [-0.15, -0.1) is 0 Å². The lowest BCUT2D eigenvalue weighted by molar-refractivity contribution is -0.120. The average molecular weight is 415 g/mol. The molecule has 0 aromatic heterocycles. The SMILES string of the molecule is Cc1cccc(C)c1N(CC(=O)NC(C)c1ccc2c(c1)CCCC2)S(C)(=O)=O. The lowest BCUT2D eigenvalue weighted by Crippen LogP contribution is -2.41. The highest BCUT2D eigenvalue weighted by molar-refractivity contribution is 7.92. The van der Waals surface area contributed by atoms with Crippen LogP contribution in [0.4, 0.5) is 5.69 Å². The number of benzene rings is 2. The number of para-hydroxylation sites is 1. The van der Waals surface area contributed by atoms with Crippen LogP contribution in [0.2, 0.25) is 0 Å². The number of hydrogen-bond donors (Lipinski definition) is 1. The first-order valence-corrected chi connectivity index (χ1v) is 12.0. The second-order valence-corrected chi connectivity index (χ2v) is 9.94. The van der Waals surface area contributed by atoms with Crippen molar-refractivity contribution in [1.82, 2.24) is 5.32 Å². The molecule has 0 aliphatic heterocycles. The van der Waals surface area contributed by atoms with E-state index < -0.39 is 10.0 Å². The predicted molar refractivity (Wildman–Crippen MR) is 118 cm³/mol. The molecule has 1 unspecified atom stereocenters. The summed E-state index contributed by atoms with van der Waals surface area (Å²) in [5, 5.41) is 2.97. The summed E-state index contributed by atoms with van der Waals surface area (Å²) >= 11 is 0. The van der Waals surface area contributed by atoms with E-state index >= 15 is 0 Å². The summed E-state index contributed by atoms with van der Waals surface area (Å²) in [5.74, 6) is -0.316. The normalized spacial score (nSPS) is 14.8. The fourth-order valence-electron chi connectivity index (χ4n) is 4.08. The molecule has 1 amide bonds. The Kier molecular flexibility index (Phi) is 6.32. The van der Waals surface area contributed by atoms with Gasteiger partial charge in [-0.2, -0.15) is 0 Å². The van der Waals surface area contributed by atoms with E-state index in [1.54, 1.807) is 0 Å². The lowest BCUT2D eigenvalue weighted by atomic mass is 9.89. The molecule has 1 aliphatic carbocycles. The molecule has 0 saturated carbocycles. The van der Waals surface area contributed by atoms with Crippen LogP contribution in [-0.2, 0) is 27.7 Å². The zero-order chi connectivity index (χ0) is 21.2. The second-order valence-electron chi connectivity index (χ2n) is 8.03. The first-order chi connectivity index (χ1) is 13.7. The molecule has 0 bridgehead atoms. The monoisotopic (exact) mass is 414 g/mol. The number of aryl methyl sites for hydroxylation is 4. The summed E-state index contributed by atoms with van der Waals surface area (Å²) in [7, 11) is -3.60. The van der Waals surface area contributed by atoms with Gasteiger partial charge in [-0.05, 0) is 74.3 Å². The maximum absolute atomic E-state index is 12.8. The summed E-state index contributed by atoms with van der Waals surface area (Å²) in [4.78, 5) is 12.8. The zero-order valence-electron chi connectivity index (χ0n) is 17.7. The van der Waals surface area contributed by atoms with Crippen molar-refractivity contribution in [3.63, 3.8) is 0 Å². The van der Waals surface area contributed by atoms with Crippen molar-refractivity contribution in [2.75, 3.05) is 17.1 Å². The van der Waals surface area contributed by atoms with Gasteiger partial charge < -0.3 is 5.32 Å². The van der Waals surface area contributed by atoms with Crippen molar-refractivity contribution in [2.24, 2.45) is 0 Å². The molecule has 0 heterocycles. The predicted octanol–water partition coefficient (Wildman–Crippen LogP) is 3.83. The Bertz CT molecular complexity index is 995. The molecule has 2 aromatic carbocycles. The highest BCUT2D eigenvalue weighted by Gasteiger charge is 2.24. The van der Waals surface area contributed by atoms with Crippen LogP contribution in [0.25, 0.3) is 0 Å². The van der Waals surface area contributed by atoms with E-state index in [1.165, 1.54) is 28.3 Å². The molecule has 1 N–H and O–H groups in total. The van der Waals surface area contributed by atoms with Crippen LogP contribution in [0, 0.1) is 13.8 Å². The van der Waals surface area contributed by atoms with Gasteiger partial charge in [0.1, 0.15) is 6.54 Å². The van der Waals surface area contributed by atoms with E-state index in [2.05, 4.69) is 23.5 Å². The maximum atomic E-state index is 12.8.